The lowest BCUT2D eigenvalue weighted by Gasteiger charge is -2.40. The Balaban J connectivity index is 1.74. The molecule has 0 aromatic heterocycles. The van der Waals surface area contributed by atoms with Crippen LogP contribution in [-0.4, -0.2) is 43.5 Å². The third-order valence-corrected chi connectivity index (χ3v) is 7.84. The smallest absolute Gasteiger partial charge is 0.312 e. The van der Waals surface area contributed by atoms with E-state index in [-0.39, 0.29) is 0 Å². The summed E-state index contributed by atoms with van der Waals surface area (Å²) in [6.45, 7) is 8.35. The first-order valence-electron chi connectivity index (χ1n) is 16.8. The molecular weight excluding hydrogens is 506 g/mol. The van der Waals surface area contributed by atoms with Crippen LogP contribution in [0.1, 0.15) is 117 Å². The van der Waals surface area contributed by atoms with Crippen molar-refractivity contribution in [1.82, 2.24) is 10.2 Å². The van der Waals surface area contributed by atoms with Gasteiger partial charge in [-0.25, -0.2) is 4.90 Å². The number of hydrogen-bond acceptors (Lipinski definition) is 5. The molecule has 0 fully saturated rings. The molecule has 0 bridgehead atoms. The number of nitrogens with two attached hydrogens (primary N) is 1. The highest BCUT2D eigenvalue weighted by Gasteiger charge is 2.36. The second kappa shape index (κ2) is 23.5. The lowest BCUT2D eigenvalue weighted by molar-refractivity contribution is -0.210. The number of nitrogens with zero attached hydrogens (tertiary/aromatic N) is 1. The van der Waals surface area contributed by atoms with Gasteiger partial charge in [0.15, 0.2) is 0 Å². The van der Waals surface area contributed by atoms with Crippen molar-refractivity contribution >= 4 is 0 Å². The summed E-state index contributed by atoms with van der Waals surface area (Å²) >= 11 is 0. The molecule has 3 N–H and O–H groups in total. The summed E-state index contributed by atoms with van der Waals surface area (Å²) in [5, 5.41) is 3.44. The highest BCUT2D eigenvalue weighted by Crippen LogP contribution is 2.27. The first kappa shape index (κ1) is 35.1. The summed E-state index contributed by atoms with van der Waals surface area (Å²) in [7, 11) is 0. The Morgan fingerprint density at radius 3 is 1.41 bits per heavy atom. The molecule has 0 atom stereocenters. The molecule has 0 aliphatic carbocycles. The molecule has 0 spiro atoms. The van der Waals surface area contributed by atoms with E-state index in [4.69, 9.17) is 15.2 Å². The molecule has 0 radical (unpaired) electrons. The van der Waals surface area contributed by atoms with Crippen molar-refractivity contribution in [2.75, 3.05) is 32.7 Å². The zero-order chi connectivity index (χ0) is 29.3. The van der Waals surface area contributed by atoms with Crippen molar-refractivity contribution in [3.05, 3.63) is 60.7 Å². The molecule has 2 aromatic rings. The number of benzene rings is 2. The highest BCUT2D eigenvalue weighted by atomic mass is 16.7. The van der Waals surface area contributed by atoms with Crippen LogP contribution in [0.3, 0.4) is 0 Å². The number of unbranched alkanes of at least 4 members (excludes halogenated alkanes) is 15. The number of para-hydroxylation sites is 2. The standard InChI is InChI=1S/C36H61N3O2/c1-3-4-5-6-7-8-9-10-11-12-13-14-15-16-17-24-32-39(33-31-38-30-29-37)36(2,40-34-25-20-18-21-26-34)41-35-27-22-19-23-28-35/h18-23,25-28,38H,3-17,24,29-33,37H2,1-2H3. The van der Waals surface area contributed by atoms with E-state index in [1.807, 2.05) is 67.6 Å². The Hall–Kier alpha value is -2.08. The third kappa shape index (κ3) is 16.8. The molecule has 2 aromatic carbocycles. The first-order chi connectivity index (χ1) is 20.2. The van der Waals surface area contributed by atoms with Crippen LogP contribution in [0.2, 0.25) is 0 Å². The van der Waals surface area contributed by atoms with Crippen LogP contribution in [0.15, 0.2) is 60.7 Å². The van der Waals surface area contributed by atoms with E-state index in [1.54, 1.807) is 0 Å². The molecule has 232 valence electrons. The monoisotopic (exact) mass is 567 g/mol. The summed E-state index contributed by atoms with van der Waals surface area (Å²) in [6.07, 6.45) is 22.0. The SMILES string of the molecule is CCCCCCCCCCCCCCCCCCN(CCNCCN)C(C)(Oc1ccccc1)Oc1ccccc1. The average molecular weight is 568 g/mol. The lowest BCUT2D eigenvalue weighted by Crippen LogP contribution is -2.57. The van der Waals surface area contributed by atoms with Gasteiger partial charge in [0.2, 0.25) is 0 Å². The van der Waals surface area contributed by atoms with Crippen molar-refractivity contribution in [3.63, 3.8) is 0 Å². The van der Waals surface area contributed by atoms with Gasteiger partial charge in [-0.3, -0.25) is 0 Å². The molecule has 0 saturated carbocycles. The Morgan fingerprint density at radius 1 is 0.585 bits per heavy atom. The van der Waals surface area contributed by atoms with E-state index < -0.39 is 5.91 Å². The third-order valence-electron chi connectivity index (χ3n) is 7.84. The topological polar surface area (TPSA) is 59.8 Å². The zero-order valence-corrected chi connectivity index (χ0v) is 26.5. The fourth-order valence-corrected chi connectivity index (χ4v) is 5.37. The quantitative estimate of drug-likeness (QED) is 0.0833. The number of rotatable bonds is 27. The highest BCUT2D eigenvalue weighted by molar-refractivity contribution is 5.24. The summed E-state index contributed by atoms with van der Waals surface area (Å²) in [4.78, 5) is 2.33. The Bertz CT molecular complexity index is 792. The van der Waals surface area contributed by atoms with Gasteiger partial charge in [-0.05, 0) is 30.7 Å². The molecule has 0 aliphatic rings. The van der Waals surface area contributed by atoms with Gasteiger partial charge in [0.25, 0.3) is 0 Å². The van der Waals surface area contributed by atoms with Gasteiger partial charge in [0, 0.05) is 39.6 Å². The Morgan fingerprint density at radius 2 is 1.00 bits per heavy atom. The van der Waals surface area contributed by atoms with Crippen LogP contribution in [0, 0.1) is 0 Å². The summed E-state index contributed by atoms with van der Waals surface area (Å²) in [5.74, 6) is 0.679. The minimum atomic E-state index is -0.928. The van der Waals surface area contributed by atoms with Crippen molar-refractivity contribution in [3.8, 4) is 11.5 Å². The number of hydrogen-bond donors (Lipinski definition) is 2. The second-order valence-corrected chi connectivity index (χ2v) is 11.6. The predicted octanol–water partition coefficient (Wildman–Crippen LogP) is 8.93. The maximum absolute atomic E-state index is 6.56. The summed E-state index contributed by atoms with van der Waals surface area (Å²) < 4.78 is 13.1. The summed E-state index contributed by atoms with van der Waals surface area (Å²) in [5.41, 5.74) is 5.71. The van der Waals surface area contributed by atoms with Gasteiger partial charge in [-0.1, -0.05) is 140 Å². The van der Waals surface area contributed by atoms with Gasteiger partial charge < -0.3 is 20.5 Å². The van der Waals surface area contributed by atoms with Gasteiger partial charge in [-0.15, -0.1) is 0 Å². The van der Waals surface area contributed by atoms with Crippen LogP contribution in [-0.2, 0) is 0 Å². The largest absolute Gasteiger partial charge is 0.440 e. The summed E-state index contributed by atoms with van der Waals surface area (Å²) in [6, 6.07) is 20.0. The number of ether oxygens (including phenoxy) is 2. The fourth-order valence-electron chi connectivity index (χ4n) is 5.37. The maximum atomic E-state index is 6.56. The van der Waals surface area contributed by atoms with Gasteiger partial charge >= 0.3 is 5.91 Å². The van der Waals surface area contributed by atoms with Crippen molar-refractivity contribution in [2.24, 2.45) is 5.73 Å². The molecular formula is C36H61N3O2. The average Bonchev–Trinajstić information content (AvgIpc) is 2.99. The maximum Gasteiger partial charge on any atom is 0.312 e. The molecule has 0 amide bonds. The van der Waals surface area contributed by atoms with E-state index in [9.17, 15) is 0 Å². The normalized spacial score (nSPS) is 11.7. The van der Waals surface area contributed by atoms with Crippen LogP contribution in [0.5, 0.6) is 11.5 Å². The van der Waals surface area contributed by atoms with Crippen LogP contribution in [0.25, 0.3) is 0 Å². The first-order valence-corrected chi connectivity index (χ1v) is 16.8. The number of nitrogens with one attached hydrogen (secondary N) is 1. The Kier molecular flexibility index (Phi) is 20.1. The second-order valence-electron chi connectivity index (χ2n) is 11.6. The van der Waals surface area contributed by atoms with E-state index in [0.29, 0.717) is 6.54 Å². The van der Waals surface area contributed by atoms with E-state index in [0.717, 1.165) is 44.1 Å². The van der Waals surface area contributed by atoms with Crippen molar-refractivity contribution in [1.29, 1.82) is 0 Å². The van der Waals surface area contributed by atoms with Crippen molar-refractivity contribution < 1.29 is 9.47 Å². The van der Waals surface area contributed by atoms with Gasteiger partial charge in [-0.2, -0.15) is 0 Å². The molecule has 0 unspecified atom stereocenters. The fraction of sp³-hybridized carbons (Fsp3) is 0.667. The van der Waals surface area contributed by atoms with E-state index >= 15 is 0 Å². The predicted molar refractivity (Wildman–Crippen MR) is 176 cm³/mol. The minimum absolute atomic E-state index is 0.636. The molecule has 0 heterocycles. The van der Waals surface area contributed by atoms with Gasteiger partial charge in [0.05, 0.1) is 0 Å². The van der Waals surface area contributed by atoms with Crippen LogP contribution in [0.4, 0.5) is 0 Å². The van der Waals surface area contributed by atoms with Crippen molar-refractivity contribution in [2.45, 2.75) is 122 Å². The molecule has 0 saturated heterocycles. The molecule has 2 rings (SSSR count). The Labute approximate surface area is 252 Å². The molecule has 5 heteroatoms. The van der Waals surface area contributed by atoms with Gasteiger partial charge in [0.1, 0.15) is 11.5 Å². The zero-order valence-electron chi connectivity index (χ0n) is 26.5. The van der Waals surface area contributed by atoms with E-state index in [1.165, 1.54) is 96.3 Å². The molecule has 0 aliphatic heterocycles. The van der Waals surface area contributed by atoms with E-state index in [2.05, 4.69) is 17.1 Å². The lowest BCUT2D eigenvalue weighted by atomic mass is 10.0. The minimum Gasteiger partial charge on any atom is -0.440 e. The van der Waals surface area contributed by atoms with Crippen LogP contribution >= 0.6 is 0 Å². The van der Waals surface area contributed by atoms with Crippen LogP contribution < -0.4 is 20.5 Å². The molecule has 41 heavy (non-hydrogen) atoms. The molecule has 5 nitrogen and oxygen atoms in total.